The van der Waals surface area contributed by atoms with E-state index in [0.29, 0.717) is 0 Å². The second kappa shape index (κ2) is 3.94. The van der Waals surface area contributed by atoms with Gasteiger partial charge in [-0.1, -0.05) is 15.9 Å². The summed E-state index contributed by atoms with van der Waals surface area (Å²) in [6.45, 7) is 2.97. The molecule has 0 aliphatic heterocycles. The van der Waals surface area contributed by atoms with Crippen molar-refractivity contribution in [2.75, 3.05) is 14.1 Å². The minimum atomic E-state index is 0.911. The SMILES string of the molecule is Cc1nc2cc(Br)ccn2c1CN(C)C. The van der Waals surface area contributed by atoms with Crippen LogP contribution in [0.25, 0.3) is 5.65 Å². The van der Waals surface area contributed by atoms with Crippen LogP contribution in [-0.4, -0.2) is 28.4 Å². The van der Waals surface area contributed by atoms with E-state index >= 15 is 0 Å². The Morgan fingerprint density at radius 1 is 1.47 bits per heavy atom. The summed E-state index contributed by atoms with van der Waals surface area (Å²) in [6, 6.07) is 4.07. The van der Waals surface area contributed by atoms with Crippen molar-refractivity contribution in [2.24, 2.45) is 0 Å². The van der Waals surface area contributed by atoms with Gasteiger partial charge in [0.25, 0.3) is 0 Å². The van der Waals surface area contributed by atoms with Gasteiger partial charge in [0.05, 0.1) is 11.4 Å². The number of hydrogen-bond acceptors (Lipinski definition) is 2. The lowest BCUT2D eigenvalue weighted by molar-refractivity contribution is 0.394. The molecule has 0 fully saturated rings. The van der Waals surface area contributed by atoms with E-state index in [1.54, 1.807) is 0 Å². The van der Waals surface area contributed by atoms with Crippen molar-refractivity contribution >= 4 is 21.6 Å². The van der Waals surface area contributed by atoms with E-state index in [4.69, 9.17) is 0 Å². The topological polar surface area (TPSA) is 20.5 Å². The highest BCUT2D eigenvalue weighted by atomic mass is 79.9. The second-order valence-electron chi connectivity index (χ2n) is 3.95. The summed E-state index contributed by atoms with van der Waals surface area (Å²) in [5.41, 5.74) is 3.35. The molecule has 0 amide bonds. The van der Waals surface area contributed by atoms with Crippen molar-refractivity contribution < 1.29 is 0 Å². The molecule has 2 aromatic rings. The lowest BCUT2D eigenvalue weighted by atomic mass is 10.3. The molecule has 2 aromatic heterocycles. The Labute approximate surface area is 97.9 Å². The van der Waals surface area contributed by atoms with Crippen molar-refractivity contribution in [3.05, 3.63) is 34.2 Å². The Morgan fingerprint density at radius 2 is 2.20 bits per heavy atom. The third kappa shape index (κ3) is 2.06. The Hall–Kier alpha value is -0.870. The maximum Gasteiger partial charge on any atom is 0.138 e. The van der Waals surface area contributed by atoms with Gasteiger partial charge >= 0.3 is 0 Å². The Kier molecular flexibility index (Phi) is 2.80. The predicted molar refractivity (Wildman–Crippen MR) is 65.0 cm³/mol. The number of halogens is 1. The van der Waals surface area contributed by atoms with Gasteiger partial charge in [0, 0.05) is 17.2 Å². The summed E-state index contributed by atoms with van der Waals surface area (Å²) >= 11 is 3.45. The van der Waals surface area contributed by atoms with Crippen LogP contribution in [0.4, 0.5) is 0 Å². The first-order valence-corrected chi connectivity index (χ1v) is 5.65. The van der Waals surface area contributed by atoms with Crippen LogP contribution in [0, 0.1) is 6.92 Å². The third-order valence-corrected chi connectivity index (χ3v) is 2.85. The molecule has 0 bridgehead atoms. The first-order valence-electron chi connectivity index (χ1n) is 4.86. The quantitative estimate of drug-likeness (QED) is 0.834. The average Bonchev–Trinajstić information content (AvgIpc) is 2.41. The molecule has 0 saturated heterocycles. The maximum absolute atomic E-state index is 4.53. The largest absolute Gasteiger partial charge is 0.304 e. The molecular formula is C11H14BrN3. The van der Waals surface area contributed by atoms with Crippen LogP contribution in [0.5, 0.6) is 0 Å². The van der Waals surface area contributed by atoms with Gasteiger partial charge in [0.15, 0.2) is 0 Å². The average molecular weight is 268 g/mol. The standard InChI is InChI=1S/C11H14BrN3/c1-8-10(7-14(2)3)15-5-4-9(12)6-11(15)13-8/h4-6H,7H2,1-3H3. The first kappa shape index (κ1) is 10.6. The van der Waals surface area contributed by atoms with Gasteiger partial charge in [-0.3, -0.25) is 0 Å². The van der Waals surface area contributed by atoms with Crippen LogP contribution in [-0.2, 0) is 6.54 Å². The van der Waals surface area contributed by atoms with Gasteiger partial charge in [-0.25, -0.2) is 4.98 Å². The molecule has 0 unspecified atom stereocenters. The van der Waals surface area contributed by atoms with Gasteiger partial charge < -0.3 is 9.30 Å². The van der Waals surface area contributed by atoms with E-state index in [2.05, 4.69) is 57.4 Å². The number of aromatic nitrogens is 2. The lowest BCUT2D eigenvalue weighted by Gasteiger charge is -2.09. The molecule has 0 N–H and O–H groups in total. The fraction of sp³-hybridized carbons (Fsp3) is 0.364. The molecule has 0 aliphatic rings. The van der Waals surface area contributed by atoms with Crippen molar-refractivity contribution in [1.29, 1.82) is 0 Å². The van der Waals surface area contributed by atoms with E-state index in [1.807, 2.05) is 12.1 Å². The lowest BCUT2D eigenvalue weighted by Crippen LogP contribution is -2.13. The summed E-state index contributed by atoms with van der Waals surface area (Å²) in [7, 11) is 4.13. The number of nitrogens with zero attached hydrogens (tertiary/aromatic N) is 3. The van der Waals surface area contributed by atoms with E-state index in [1.165, 1.54) is 5.69 Å². The highest BCUT2D eigenvalue weighted by molar-refractivity contribution is 9.10. The molecule has 0 spiro atoms. The van der Waals surface area contributed by atoms with Crippen LogP contribution >= 0.6 is 15.9 Å². The van der Waals surface area contributed by atoms with Gasteiger partial charge in [-0.2, -0.15) is 0 Å². The van der Waals surface area contributed by atoms with Gasteiger partial charge in [-0.15, -0.1) is 0 Å². The van der Waals surface area contributed by atoms with Crippen molar-refractivity contribution in [2.45, 2.75) is 13.5 Å². The number of hydrogen-bond donors (Lipinski definition) is 0. The fourth-order valence-electron chi connectivity index (χ4n) is 1.68. The molecule has 0 saturated carbocycles. The summed E-state index contributed by atoms with van der Waals surface area (Å²) < 4.78 is 3.21. The molecule has 4 heteroatoms. The zero-order chi connectivity index (χ0) is 11.0. The van der Waals surface area contributed by atoms with Crippen LogP contribution < -0.4 is 0 Å². The minimum absolute atomic E-state index is 0.911. The molecule has 0 atom stereocenters. The zero-order valence-corrected chi connectivity index (χ0v) is 10.7. The summed E-state index contributed by atoms with van der Waals surface area (Å²) in [4.78, 5) is 6.68. The smallest absolute Gasteiger partial charge is 0.138 e. The molecule has 2 heterocycles. The number of aryl methyl sites for hydroxylation is 1. The van der Waals surface area contributed by atoms with Crippen LogP contribution in [0.3, 0.4) is 0 Å². The highest BCUT2D eigenvalue weighted by Crippen LogP contribution is 2.17. The normalized spacial score (nSPS) is 11.5. The van der Waals surface area contributed by atoms with Crippen molar-refractivity contribution in [3.63, 3.8) is 0 Å². The molecular weight excluding hydrogens is 254 g/mol. The molecule has 2 rings (SSSR count). The van der Waals surface area contributed by atoms with Gasteiger partial charge in [0.1, 0.15) is 5.65 Å². The molecule has 15 heavy (non-hydrogen) atoms. The fourth-order valence-corrected chi connectivity index (χ4v) is 2.00. The van der Waals surface area contributed by atoms with Crippen LogP contribution in [0.15, 0.2) is 22.8 Å². The van der Waals surface area contributed by atoms with E-state index in [-0.39, 0.29) is 0 Å². The molecule has 0 aromatic carbocycles. The number of pyridine rings is 1. The molecule has 0 aliphatic carbocycles. The van der Waals surface area contributed by atoms with Gasteiger partial charge in [0.2, 0.25) is 0 Å². The summed E-state index contributed by atoms with van der Waals surface area (Å²) in [6.07, 6.45) is 2.05. The zero-order valence-electron chi connectivity index (χ0n) is 9.16. The van der Waals surface area contributed by atoms with Crippen molar-refractivity contribution in [3.8, 4) is 0 Å². The van der Waals surface area contributed by atoms with Crippen molar-refractivity contribution in [1.82, 2.24) is 14.3 Å². The molecule has 3 nitrogen and oxygen atoms in total. The maximum atomic E-state index is 4.53. The van der Waals surface area contributed by atoms with Crippen LogP contribution in [0.1, 0.15) is 11.4 Å². The van der Waals surface area contributed by atoms with Gasteiger partial charge in [-0.05, 0) is 33.2 Å². The van der Waals surface area contributed by atoms with E-state index < -0.39 is 0 Å². The number of imidazole rings is 1. The summed E-state index contributed by atoms with van der Waals surface area (Å²) in [5.74, 6) is 0. The van der Waals surface area contributed by atoms with E-state index in [9.17, 15) is 0 Å². The Morgan fingerprint density at radius 3 is 2.87 bits per heavy atom. The Balaban J connectivity index is 2.58. The predicted octanol–water partition coefficient (Wildman–Crippen LogP) is 2.47. The molecule has 80 valence electrons. The number of rotatable bonds is 2. The minimum Gasteiger partial charge on any atom is -0.304 e. The van der Waals surface area contributed by atoms with E-state index in [0.717, 1.165) is 22.4 Å². The van der Waals surface area contributed by atoms with Crippen LogP contribution in [0.2, 0.25) is 0 Å². The monoisotopic (exact) mass is 267 g/mol. The summed E-state index contributed by atoms with van der Waals surface area (Å²) in [5, 5.41) is 0. The highest BCUT2D eigenvalue weighted by Gasteiger charge is 2.09. The number of fused-ring (bicyclic) bond motifs is 1. The molecule has 0 radical (unpaired) electrons. The second-order valence-corrected chi connectivity index (χ2v) is 4.87. The third-order valence-electron chi connectivity index (χ3n) is 2.35. The first-order chi connectivity index (χ1) is 7.08. The Bertz CT molecular complexity index is 488.